The average Bonchev–Trinajstić information content (AvgIpc) is 2.04. The fourth-order valence-electron chi connectivity index (χ4n) is 1.71. The smallest absolute Gasteiger partial charge is 0.333 e. The lowest BCUT2D eigenvalue weighted by Crippen LogP contribution is -2.34. The van der Waals surface area contributed by atoms with Crippen LogP contribution in [0.4, 0.5) is 0 Å². The van der Waals surface area contributed by atoms with E-state index in [2.05, 4.69) is 6.58 Å². The van der Waals surface area contributed by atoms with Gasteiger partial charge in [-0.1, -0.05) is 13.0 Å². The second-order valence-electron chi connectivity index (χ2n) is 4.18. The number of esters is 1. The fourth-order valence-corrected chi connectivity index (χ4v) is 1.71. The second kappa shape index (κ2) is 3.95. The molecule has 0 aromatic heterocycles. The Labute approximate surface area is 80.0 Å². The predicted octanol–water partition coefficient (Wildman–Crippen LogP) is 2.83. The molecule has 0 N–H and O–H groups in total. The molecule has 1 aliphatic carbocycles. The third-order valence-corrected chi connectivity index (χ3v) is 2.60. The van der Waals surface area contributed by atoms with E-state index < -0.39 is 0 Å². The first-order chi connectivity index (χ1) is 6.03. The van der Waals surface area contributed by atoms with Crippen LogP contribution in [0.5, 0.6) is 0 Å². The van der Waals surface area contributed by atoms with Crippen molar-refractivity contribution in [2.75, 3.05) is 0 Å². The van der Waals surface area contributed by atoms with Crippen LogP contribution < -0.4 is 0 Å². The first-order valence-corrected chi connectivity index (χ1v) is 4.92. The quantitative estimate of drug-likeness (QED) is 0.485. The Bertz CT molecular complexity index is 212. The molecule has 0 aromatic rings. The molecule has 13 heavy (non-hydrogen) atoms. The predicted molar refractivity (Wildman–Crippen MR) is 52.4 cm³/mol. The second-order valence-corrected chi connectivity index (χ2v) is 4.18. The molecule has 0 atom stereocenters. The molecule has 1 aliphatic rings. The lowest BCUT2D eigenvalue weighted by molar-refractivity contribution is -0.156. The highest BCUT2D eigenvalue weighted by Gasteiger charge is 2.30. The van der Waals surface area contributed by atoms with Gasteiger partial charge in [-0.3, -0.25) is 0 Å². The van der Waals surface area contributed by atoms with Crippen LogP contribution in [0.15, 0.2) is 12.2 Å². The van der Waals surface area contributed by atoms with Crippen molar-refractivity contribution < 1.29 is 9.53 Å². The molecular weight excluding hydrogens is 164 g/mol. The van der Waals surface area contributed by atoms with Crippen LogP contribution in [-0.2, 0) is 9.53 Å². The minimum absolute atomic E-state index is 0.228. The van der Waals surface area contributed by atoms with E-state index in [1.807, 2.05) is 6.92 Å². The van der Waals surface area contributed by atoms with Gasteiger partial charge in [-0.15, -0.1) is 0 Å². The Morgan fingerprint density at radius 1 is 1.31 bits per heavy atom. The van der Waals surface area contributed by atoms with Gasteiger partial charge in [0.25, 0.3) is 0 Å². The molecule has 0 bridgehead atoms. The third-order valence-electron chi connectivity index (χ3n) is 2.60. The van der Waals surface area contributed by atoms with Crippen LogP contribution in [0.3, 0.4) is 0 Å². The van der Waals surface area contributed by atoms with Gasteiger partial charge in [-0.2, -0.15) is 0 Å². The fraction of sp³-hybridized carbons (Fsp3) is 0.727. The minimum Gasteiger partial charge on any atom is -0.456 e. The molecule has 0 saturated heterocycles. The first-order valence-electron chi connectivity index (χ1n) is 4.92. The van der Waals surface area contributed by atoms with Crippen molar-refractivity contribution in [2.24, 2.45) is 0 Å². The van der Waals surface area contributed by atoms with E-state index >= 15 is 0 Å². The lowest BCUT2D eigenvalue weighted by atomic mass is 9.86. The van der Waals surface area contributed by atoms with E-state index in [1.54, 1.807) is 6.92 Å². The van der Waals surface area contributed by atoms with Crippen molar-refractivity contribution in [3.05, 3.63) is 12.2 Å². The molecule has 1 saturated carbocycles. The number of hydrogen-bond donors (Lipinski definition) is 0. The Morgan fingerprint density at radius 2 is 1.85 bits per heavy atom. The SMILES string of the molecule is C=C(C)C(=O)OC1(C)CCCCC1. The number of hydrogen-bond acceptors (Lipinski definition) is 2. The van der Waals surface area contributed by atoms with Gasteiger partial charge >= 0.3 is 5.97 Å². The summed E-state index contributed by atoms with van der Waals surface area (Å²) in [6.45, 7) is 7.29. The molecule has 1 fully saturated rings. The molecule has 2 heteroatoms. The van der Waals surface area contributed by atoms with Crippen molar-refractivity contribution in [2.45, 2.75) is 51.6 Å². The summed E-state index contributed by atoms with van der Waals surface area (Å²) < 4.78 is 5.40. The standard InChI is InChI=1S/C11H18O2/c1-9(2)10(12)13-11(3)7-5-4-6-8-11/h1,4-8H2,2-3H3. The van der Waals surface area contributed by atoms with E-state index in [9.17, 15) is 4.79 Å². The maximum atomic E-state index is 11.3. The zero-order valence-electron chi connectivity index (χ0n) is 8.56. The maximum absolute atomic E-state index is 11.3. The molecule has 0 aromatic carbocycles. The van der Waals surface area contributed by atoms with Crippen molar-refractivity contribution in [1.82, 2.24) is 0 Å². The summed E-state index contributed by atoms with van der Waals surface area (Å²) in [5.41, 5.74) is 0.265. The van der Waals surface area contributed by atoms with E-state index in [0.29, 0.717) is 5.57 Å². The molecule has 1 rings (SSSR count). The summed E-state index contributed by atoms with van der Waals surface area (Å²) >= 11 is 0. The maximum Gasteiger partial charge on any atom is 0.333 e. The van der Waals surface area contributed by atoms with Gasteiger partial charge in [0.2, 0.25) is 0 Å². The monoisotopic (exact) mass is 182 g/mol. The Morgan fingerprint density at radius 3 is 2.31 bits per heavy atom. The van der Waals surface area contributed by atoms with Gasteiger partial charge in [-0.05, 0) is 39.5 Å². The Balaban J connectivity index is 2.50. The lowest BCUT2D eigenvalue weighted by Gasteiger charge is -2.33. The minimum atomic E-state index is -0.246. The van der Waals surface area contributed by atoms with Crippen molar-refractivity contribution in [1.29, 1.82) is 0 Å². The summed E-state index contributed by atoms with van der Waals surface area (Å²) in [5.74, 6) is -0.246. The number of carbonyl (C=O) groups excluding carboxylic acids is 1. The topological polar surface area (TPSA) is 26.3 Å². The molecule has 2 nitrogen and oxygen atoms in total. The van der Waals surface area contributed by atoms with E-state index in [0.717, 1.165) is 12.8 Å². The van der Waals surface area contributed by atoms with Gasteiger partial charge in [0.15, 0.2) is 0 Å². The Kier molecular flexibility index (Phi) is 3.12. The summed E-state index contributed by atoms with van der Waals surface area (Å²) in [6.07, 6.45) is 5.58. The van der Waals surface area contributed by atoms with Gasteiger partial charge in [0, 0.05) is 5.57 Å². The summed E-state index contributed by atoms with van der Waals surface area (Å²) in [5, 5.41) is 0. The third kappa shape index (κ3) is 2.87. The molecule has 0 spiro atoms. The van der Waals surface area contributed by atoms with Gasteiger partial charge < -0.3 is 4.74 Å². The van der Waals surface area contributed by atoms with Crippen LogP contribution in [0.1, 0.15) is 46.0 Å². The van der Waals surface area contributed by atoms with Crippen LogP contribution in [0.25, 0.3) is 0 Å². The summed E-state index contributed by atoms with van der Waals surface area (Å²) in [4.78, 5) is 11.3. The number of ether oxygens (including phenoxy) is 1. The largest absolute Gasteiger partial charge is 0.456 e. The molecule has 0 unspecified atom stereocenters. The highest BCUT2D eigenvalue weighted by Crippen LogP contribution is 2.31. The van der Waals surface area contributed by atoms with Crippen molar-refractivity contribution in [3.8, 4) is 0 Å². The number of rotatable bonds is 2. The molecular formula is C11H18O2. The van der Waals surface area contributed by atoms with Gasteiger partial charge in [-0.25, -0.2) is 4.79 Å². The first kappa shape index (κ1) is 10.3. The molecule has 0 aliphatic heterocycles. The van der Waals surface area contributed by atoms with E-state index in [-0.39, 0.29) is 11.6 Å². The highest BCUT2D eigenvalue weighted by atomic mass is 16.6. The Hall–Kier alpha value is -0.790. The molecule has 74 valence electrons. The molecule has 0 amide bonds. The van der Waals surface area contributed by atoms with Crippen molar-refractivity contribution >= 4 is 5.97 Å². The van der Waals surface area contributed by atoms with E-state index in [4.69, 9.17) is 4.74 Å². The zero-order valence-corrected chi connectivity index (χ0v) is 8.56. The molecule has 0 radical (unpaired) electrons. The highest BCUT2D eigenvalue weighted by molar-refractivity contribution is 5.87. The van der Waals surface area contributed by atoms with Crippen LogP contribution in [0, 0.1) is 0 Å². The van der Waals surface area contributed by atoms with E-state index in [1.165, 1.54) is 19.3 Å². The average molecular weight is 182 g/mol. The normalized spacial score (nSPS) is 20.8. The number of carbonyl (C=O) groups is 1. The molecule has 0 heterocycles. The van der Waals surface area contributed by atoms with Gasteiger partial charge in [0.1, 0.15) is 5.60 Å². The summed E-state index contributed by atoms with van der Waals surface area (Å²) in [6, 6.07) is 0. The summed E-state index contributed by atoms with van der Waals surface area (Å²) in [7, 11) is 0. The van der Waals surface area contributed by atoms with Crippen molar-refractivity contribution in [3.63, 3.8) is 0 Å². The van der Waals surface area contributed by atoms with Crippen LogP contribution in [0.2, 0.25) is 0 Å². The van der Waals surface area contributed by atoms with Gasteiger partial charge in [0.05, 0.1) is 0 Å². The van der Waals surface area contributed by atoms with Crippen LogP contribution >= 0.6 is 0 Å². The van der Waals surface area contributed by atoms with Crippen LogP contribution in [-0.4, -0.2) is 11.6 Å². The zero-order chi connectivity index (χ0) is 9.90.